The Balaban J connectivity index is 2.20. The van der Waals surface area contributed by atoms with Crippen molar-refractivity contribution in [3.8, 4) is 0 Å². The average Bonchev–Trinajstić information content (AvgIpc) is 2.53. The topological polar surface area (TPSA) is 66.8 Å². The molecule has 0 aromatic heterocycles. The molecule has 1 N–H and O–H groups in total. The molecule has 2 heterocycles. The summed E-state index contributed by atoms with van der Waals surface area (Å²) in [5, 5.41) is 9.39. The number of fused-ring (bicyclic) bond motifs is 1. The summed E-state index contributed by atoms with van der Waals surface area (Å²) in [7, 11) is 0. The highest BCUT2D eigenvalue weighted by molar-refractivity contribution is 8.22. The zero-order chi connectivity index (χ0) is 12.6. The van der Waals surface area contributed by atoms with Gasteiger partial charge in [-0.3, -0.25) is 14.5 Å². The van der Waals surface area contributed by atoms with Gasteiger partial charge in [-0.1, -0.05) is 18.7 Å². The molecule has 0 aliphatic carbocycles. The number of carbonyl (C=O) groups is 2. The fraction of sp³-hybridized carbons (Fsp3) is 0.600. The Morgan fingerprint density at radius 1 is 1.71 bits per heavy atom. The molecule has 2 rings (SSSR count). The van der Waals surface area contributed by atoms with Crippen LogP contribution in [0.2, 0.25) is 0 Å². The lowest BCUT2D eigenvalue weighted by Gasteiger charge is -2.43. The Morgan fingerprint density at radius 3 is 2.94 bits per heavy atom. The quantitative estimate of drug-likeness (QED) is 0.595. The van der Waals surface area contributed by atoms with Gasteiger partial charge in [-0.05, 0) is 12.7 Å². The van der Waals surface area contributed by atoms with Gasteiger partial charge in [0.25, 0.3) is 6.47 Å². The lowest BCUT2D eigenvalue weighted by atomic mass is 9.93. The summed E-state index contributed by atoms with van der Waals surface area (Å²) in [6, 6.07) is 0. The lowest BCUT2D eigenvalue weighted by molar-refractivity contribution is -0.157. The van der Waals surface area contributed by atoms with E-state index in [1.807, 2.05) is 6.92 Å². The molecule has 5 nitrogen and oxygen atoms in total. The third-order valence-electron chi connectivity index (χ3n) is 2.66. The maximum absolute atomic E-state index is 11.8. The van der Waals surface area contributed by atoms with Crippen molar-refractivity contribution in [1.29, 1.82) is 0 Å². The van der Waals surface area contributed by atoms with Crippen LogP contribution in [0.15, 0.2) is 10.1 Å². The van der Waals surface area contributed by atoms with Crippen molar-refractivity contribution >= 4 is 35.9 Å². The number of carbonyl (C=O) groups excluding carboxylic acids is 2. The minimum atomic E-state index is -0.681. The Kier molecular flexibility index (Phi) is 3.70. The third kappa shape index (κ3) is 1.96. The number of aliphatic hydroxyl groups is 1. The molecule has 2 aliphatic heterocycles. The first kappa shape index (κ1) is 12.8. The zero-order valence-corrected chi connectivity index (χ0v) is 11.1. The molecule has 17 heavy (non-hydrogen) atoms. The van der Waals surface area contributed by atoms with E-state index in [9.17, 15) is 14.7 Å². The molecular formula is C10H13NO4S2. The number of ether oxygens (including phenoxy) is 1. The van der Waals surface area contributed by atoms with E-state index in [4.69, 9.17) is 4.74 Å². The van der Waals surface area contributed by atoms with Crippen LogP contribution in [0.3, 0.4) is 0 Å². The fourth-order valence-electron chi connectivity index (χ4n) is 1.91. The van der Waals surface area contributed by atoms with Gasteiger partial charge in [0.2, 0.25) is 11.8 Å². The molecule has 1 fully saturated rings. The monoisotopic (exact) mass is 275 g/mol. The maximum Gasteiger partial charge on any atom is 0.299 e. The highest BCUT2D eigenvalue weighted by Crippen LogP contribution is 2.53. The first-order valence-corrected chi connectivity index (χ1v) is 7.13. The molecular weight excluding hydrogens is 262 g/mol. The van der Waals surface area contributed by atoms with Gasteiger partial charge < -0.3 is 9.84 Å². The van der Waals surface area contributed by atoms with Gasteiger partial charge >= 0.3 is 0 Å². The van der Waals surface area contributed by atoms with Crippen LogP contribution >= 0.6 is 23.5 Å². The van der Waals surface area contributed by atoms with Crippen molar-refractivity contribution in [2.45, 2.75) is 25.3 Å². The Bertz CT molecular complexity index is 383. The highest BCUT2D eigenvalue weighted by Gasteiger charge is 2.57. The van der Waals surface area contributed by atoms with E-state index in [1.165, 1.54) is 28.4 Å². The molecule has 1 amide bonds. The maximum atomic E-state index is 11.8. The normalized spacial score (nSPS) is 28.9. The van der Waals surface area contributed by atoms with Crippen molar-refractivity contribution < 1.29 is 19.4 Å². The number of aliphatic hydroxyl groups excluding tert-OH is 1. The molecule has 0 radical (unpaired) electrons. The van der Waals surface area contributed by atoms with Crippen LogP contribution in [-0.2, 0) is 14.3 Å². The standard InChI is InChI=1S/C10H13NO4S2/c1-3-16-10-8(15-4-12)11-7(14)6(5(2)13)9(11)17-10/h4-6,9,13H,3H2,1-2H3/t5-,6+,9-/m1/s1. The molecule has 0 spiro atoms. The van der Waals surface area contributed by atoms with E-state index >= 15 is 0 Å². The molecule has 1 saturated heterocycles. The van der Waals surface area contributed by atoms with Crippen molar-refractivity contribution in [3.05, 3.63) is 10.1 Å². The van der Waals surface area contributed by atoms with Gasteiger partial charge in [0.05, 0.1) is 12.0 Å². The molecule has 0 unspecified atom stereocenters. The number of β-lactam (4-membered cyclic amide) rings is 1. The summed E-state index contributed by atoms with van der Waals surface area (Å²) < 4.78 is 5.72. The molecule has 94 valence electrons. The van der Waals surface area contributed by atoms with Crippen LogP contribution in [0.5, 0.6) is 0 Å². The Morgan fingerprint density at radius 2 is 2.41 bits per heavy atom. The van der Waals surface area contributed by atoms with E-state index in [0.29, 0.717) is 12.4 Å². The summed E-state index contributed by atoms with van der Waals surface area (Å²) in [5.41, 5.74) is 0. The van der Waals surface area contributed by atoms with Crippen molar-refractivity contribution in [3.63, 3.8) is 0 Å². The zero-order valence-electron chi connectivity index (χ0n) is 9.45. The molecule has 2 aliphatic rings. The van der Waals surface area contributed by atoms with Crippen LogP contribution in [0.4, 0.5) is 0 Å². The molecule has 0 saturated carbocycles. The number of hydrogen-bond donors (Lipinski definition) is 1. The molecule has 0 aromatic carbocycles. The molecule has 3 atom stereocenters. The first-order valence-electron chi connectivity index (χ1n) is 5.27. The predicted octanol–water partition coefficient (Wildman–Crippen LogP) is 0.951. The second-order valence-corrected chi connectivity index (χ2v) is 6.38. The van der Waals surface area contributed by atoms with E-state index in [1.54, 1.807) is 6.92 Å². The van der Waals surface area contributed by atoms with Crippen molar-refractivity contribution in [2.75, 3.05) is 5.75 Å². The smallest absolute Gasteiger partial charge is 0.299 e. The number of nitrogens with zero attached hydrogens (tertiary/aromatic N) is 1. The van der Waals surface area contributed by atoms with Crippen LogP contribution in [-0.4, -0.2) is 39.6 Å². The third-order valence-corrected chi connectivity index (χ3v) is 5.16. The first-order chi connectivity index (χ1) is 8.11. The van der Waals surface area contributed by atoms with E-state index in [0.717, 1.165) is 9.99 Å². The van der Waals surface area contributed by atoms with Crippen LogP contribution < -0.4 is 0 Å². The summed E-state index contributed by atoms with van der Waals surface area (Å²) in [6.45, 7) is 3.92. The number of thioether (sulfide) groups is 2. The summed E-state index contributed by atoms with van der Waals surface area (Å²) in [4.78, 5) is 23.7. The van der Waals surface area contributed by atoms with Gasteiger partial charge in [0.15, 0.2) is 0 Å². The lowest BCUT2D eigenvalue weighted by Crippen LogP contribution is -2.60. The van der Waals surface area contributed by atoms with Crippen LogP contribution in [0.1, 0.15) is 13.8 Å². The molecule has 7 heteroatoms. The number of rotatable bonds is 5. The van der Waals surface area contributed by atoms with Crippen LogP contribution in [0, 0.1) is 5.92 Å². The van der Waals surface area contributed by atoms with Gasteiger partial charge in [0.1, 0.15) is 9.61 Å². The van der Waals surface area contributed by atoms with E-state index in [-0.39, 0.29) is 11.3 Å². The second-order valence-electron chi connectivity index (χ2n) is 3.72. The molecule has 0 aromatic rings. The van der Waals surface area contributed by atoms with Gasteiger partial charge in [-0.15, -0.1) is 11.8 Å². The average molecular weight is 275 g/mol. The van der Waals surface area contributed by atoms with E-state index in [2.05, 4.69) is 0 Å². The Labute approximate surface area is 108 Å². The van der Waals surface area contributed by atoms with Crippen LogP contribution in [0.25, 0.3) is 0 Å². The largest absolute Gasteiger partial charge is 0.410 e. The minimum Gasteiger partial charge on any atom is -0.410 e. The fourth-order valence-corrected chi connectivity index (χ4v) is 4.62. The van der Waals surface area contributed by atoms with Gasteiger partial charge in [-0.2, -0.15) is 0 Å². The van der Waals surface area contributed by atoms with Crippen molar-refractivity contribution in [1.82, 2.24) is 4.90 Å². The van der Waals surface area contributed by atoms with E-state index < -0.39 is 12.0 Å². The summed E-state index contributed by atoms with van der Waals surface area (Å²) >= 11 is 3.01. The summed E-state index contributed by atoms with van der Waals surface area (Å²) in [6.07, 6.45) is -0.681. The number of hydrogen-bond acceptors (Lipinski definition) is 6. The van der Waals surface area contributed by atoms with Gasteiger partial charge in [-0.25, -0.2) is 0 Å². The van der Waals surface area contributed by atoms with Gasteiger partial charge in [0, 0.05) is 0 Å². The second kappa shape index (κ2) is 4.91. The predicted molar refractivity (Wildman–Crippen MR) is 65.7 cm³/mol. The summed E-state index contributed by atoms with van der Waals surface area (Å²) in [5.74, 6) is 0.576. The Hall–Kier alpha value is -0.660. The minimum absolute atomic E-state index is 0.133. The number of amides is 1. The highest BCUT2D eigenvalue weighted by atomic mass is 32.2. The van der Waals surface area contributed by atoms with Crippen molar-refractivity contribution in [2.24, 2.45) is 5.92 Å². The molecule has 0 bridgehead atoms. The SMILES string of the molecule is CCSC1=C(OC=O)N2C(=O)[C@H]([C@@H](C)O)[C@H]2S1.